The van der Waals surface area contributed by atoms with Gasteiger partial charge in [0.25, 0.3) is 0 Å². The van der Waals surface area contributed by atoms with E-state index in [9.17, 15) is 31.9 Å². The maximum absolute atomic E-state index is 14.2. The molecule has 1 aromatic carbocycles. The van der Waals surface area contributed by atoms with Crippen molar-refractivity contribution < 1.29 is 36.7 Å². The highest BCUT2D eigenvalue weighted by molar-refractivity contribution is 5.99. The molecule has 5 rings (SSSR count). The Morgan fingerprint density at radius 1 is 1.07 bits per heavy atom. The summed E-state index contributed by atoms with van der Waals surface area (Å²) in [6.07, 6.45) is 0.0539. The Kier molecular flexibility index (Phi) is 7.54. The van der Waals surface area contributed by atoms with E-state index in [0.717, 1.165) is 24.2 Å². The Hall–Kier alpha value is -3.57. The first-order valence-electron chi connectivity index (χ1n) is 13.9. The summed E-state index contributed by atoms with van der Waals surface area (Å²) in [6.45, 7) is 4.86. The Morgan fingerprint density at radius 3 is 2.44 bits per heavy atom. The number of alkyl halides is 3. The monoisotopic (exact) mass is 578 g/mol. The van der Waals surface area contributed by atoms with Crippen LogP contribution in [0, 0.1) is 11.7 Å². The molecule has 2 aliphatic heterocycles. The van der Waals surface area contributed by atoms with Crippen molar-refractivity contribution in [2.45, 2.75) is 83.2 Å². The van der Waals surface area contributed by atoms with Gasteiger partial charge in [-0.2, -0.15) is 13.2 Å². The van der Waals surface area contributed by atoms with Crippen molar-refractivity contribution in [1.29, 1.82) is 0 Å². The number of alkyl carbamates (subject to hydrolysis) is 1. The number of nitrogens with zero attached hydrogens (tertiary/aromatic N) is 2. The molecule has 8 nitrogen and oxygen atoms in total. The smallest absolute Gasteiger partial charge is 0.444 e. The molecule has 2 aromatic rings. The standard InChI is InChI=1S/C29H34F4N4O4/c1-28(2,3)41-27(40)35-23(16-7-5-4-6-8-16)25(38)36-12-11-22-24(36)20(15-37(22)26(39)29(31,32)33)19-14-34-21-13-17(30)9-10-18(19)21/h9-10,13-14,16,22-23,34H,4-8,11-12,15H2,1-3H3,(H,35,40). The van der Waals surface area contributed by atoms with Gasteiger partial charge in [-0.1, -0.05) is 19.3 Å². The molecule has 3 amide bonds. The second kappa shape index (κ2) is 10.7. The number of H-pyrrole nitrogens is 1. The molecule has 2 N–H and O–H groups in total. The highest BCUT2D eigenvalue weighted by atomic mass is 19.4. The minimum absolute atomic E-state index is 0.0835. The van der Waals surface area contributed by atoms with Crippen LogP contribution in [-0.2, 0) is 14.3 Å². The molecule has 1 aromatic heterocycles. The zero-order valence-corrected chi connectivity index (χ0v) is 23.2. The Morgan fingerprint density at radius 2 is 1.78 bits per heavy atom. The minimum Gasteiger partial charge on any atom is -0.444 e. The minimum atomic E-state index is -5.09. The van der Waals surface area contributed by atoms with E-state index in [4.69, 9.17) is 4.74 Å². The van der Waals surface area contributed by atoms with Crippen LogP contribution in [-0.4, -0.2) is 69.6 Å². The van der Waals surface area contributed by atoms with E-state index in [-0.39, 0.29) is 25.4 Å². The van der Waals surface area contributed by atoms with Gasteiger partial charge in [0.05, 0.1) is 6.04 Å². The summed E-state index contributed by atoms with van der Waals surface area (Å²) in [5.41, 5.74) is 0.831. The number of aromatic amines is 1. The molecule has 2 unspecified atom stereocenters. The topological polar surface area (TPSA) is 94.7 Å². The van der Waals surface area contributed by atoms with Gasteiger partial charge in [-0.05, 0) is 64.2 Å². The van der Waals surface area contributed by atoms with Crippen molar-refractivity contribution in [2.24, 2.45) is 5.92 Å². The zero-order chi connectivity index (χ0) is 29.7. The van der Waals surface area contributed by atoms with Crippen molar-refractivity contribution >= 4 is 34.4 Å². The number of rotatable bonds is 4. The van der Waals surface area contributed by atoms with Gasteiger partial charge in [0.2, 0.25) is 5.91 Å². The Labute approximate surface area is 235 Å². The van der Waals surface area contributed by atoms with Crippen molar-refractivity contribution in [1.82, 2.24) is 20.1 Å². The number of ether oxygens (including phenoxy) is 1. The van der Waals surface area contributed by atoms with Crippen LogP contribution >= 0.6 is 0 Å². The molecule has 12 heteroatoms. The maximum atomic E-state index is 14.2. The average Bonchev–Trinajstić information content (AvgIpc) is 3.59. The number of hydrogen-bond donors (Lipinski definition) is 2. The summed E-state index contributed by atoms with van der Waals surface area (Å²) < 4.78 is 60.2. The van der Waals surface area contributed by atoms with E-state index >= 15 is 0 Å². The third-order valence-electron chi connectivity index (χ3n) is 8.04. The molecule has 1 saturated heterocycles. The Balaban J connectivity index is 1.55. The summed E-state index contributed by atoms with van der Waals surface area (Å²) in [6, 6.07) is 2.13. The summed E-state index contributed by atoms with van der Waals surface area (Å²) >= 11 is 0. The van der Waals surface area contributed by atoms with E-state index < -0.39 is 47.6 Å². The summed E-state index contributed by atoms with van der Waals surface area (Å²) in [5, 5.41) is 3.32. The van der Waals surface area contributed by atoms with Crippen LogP contribution in [0.25, 0.3) is 16.5 Å². The van der Waals surface area contributed by atoms with E-state index in [2.05, 4.69) is 10.3 Å². The number of benzene rings is 1. The molecular weight excluding hydrogens is 544 g/mol. The third-order valence-corrected chi connectivity index (χ3v) is 8.04. The fourth-order valence-electron chi connectivity index (χ4n) is 6.34. The number of fused-ring (bicyclic) bond motifs is 2. The first-order chi connectivity index (χ1) is 19.2. The second-order valence-electron chi connectivity index (χ2n) is 12.0. The van der Waals surface area contributed by atoms with Crippen molar-refractivity contribution in [3.8, 4) is 0 Å². The SMILES string of the molecule is CC(C)(C)OC(=O)NC(C(=O)N1CCC2C1=C(c1c[nH]c3cc(F)ccc13)CN2C(=O)C(F)(F)F)C1CCCCC1. The van der Waals surface area contributed by atoms with E-state index in [0.29, 0.717) is 40.6 Å². The van der Waals surface area contributed by atoms with Gasteiger partial charge in [0.1, 0.15) is 17.5 Å². The fraction of sp³-hybridized carbons (Fsp3) is 0.552. The number of aromatic nitrogens is 1. The average molecular weight is 579 g/mol. The lowest BCUT2D eigenvalue weighted by atomic mass is 9.83. The van der Waals surface area contributed by atoms with E-state index in [1.54, 1.807) is 27.0 Å². The van der Waals surface area contributed by atoms with Gasteiger partial charge >= 0.3 is 18.2 Å². The van der Waals surface area contributed by atoms with Crippen LogP contribution in [0.3, 0.4) is 0 Å². The first-order valence-corrected chi connectivity index (χ1v) is 13.9. The molecule has 222 valence electrons. The zero-order valence-electron chi connectivity index (χ0n) is 23.2. The highest BCUT2D eigenvalue weighted by Gasteiger charge is 2.53. The number of likely N-dealkylation sites (tertiary alicyclic amines) is 1. The van der Waals surface area contributed by atoms with Crippen LogP contribution in [0.1, 0.15) is 64.9 Å². The van der Waals surface area contributed by atoms with Gasteiger partial charge in [0.15, 0.2) is 0 Å². The fourth-order valence-corrected chi connectivity index (χ4v) is 6.34. The van der Waals surface area contributed by atoms with Crippen molar-refractivity contribution in [2.75, 3.05) is 13.1 Å². The number of hydrogen-bond acceptors (Lipinski definition) is 4. The number of nitrogens with one attached hydrogen (secondary N) is 2. The number of carbonyl (C=O) groups is 3. The number of halogens is 4. The molecule has 3 heterocycles. The maximum Gasteiger partial charge on any atom is 0.471 e. The molecular formula is C29H34F4N4O4. The first kappa shape index (κ1) is 28.9. The normalized spacial score (nSPS) is 20.9. The van der Waals surface area contributed by atoms with Crippen LogP contribution < -0.4 is 5.32 Å². The molecule has 0 spiro atoms. The third kappa shape index (κ3) is 5.78. The molecule has 1 saturated carbocycles. The predicted molar refractivity (Wildman–Crippen MR) is 143 cm³/mol. The van der Waals surface area contributed by atoms with E-state index in [1.165, 1.54) is 23.1 Å². The predicted octanol–water partition coefficient (Wildman–Crippen LogP) is 5.50. The molecule has 2 fully saturated rings. The molecule has 0 bridgehead atoms. The quantitative estimate of drug-likeness (QED) is 0.469. The molecule has 41 heavy (non-hydrogen) atoms. The Bertz CT molecular complexity index is 1390. The van der Waals surface area contributed by atoms with Gasteiger partial charge in [-0.3, -0.25) is 9.59 Å². The van der Waals surface area contributed by atoms with Crippen LogP contribution in [0.15, 0.2) is 30.1 Å². The van der Waals surface area contributed by atoms with Crippen molar-refractivity contribution in [3.63, 3.8) is 0 Å². The van der Waals surface area contributed by atoms with Gasteiger partial charge in [0, 0.05) is 47.0 Å². The molecule has 3 aliphatic rings. The summed E-state index contributed by atoms with van der Waals surface area (Å²) in [4.78, 5) is 44.7. The lowest BCUT2D eigenvalue weighted by Gasteiger charge is -2.34. The van der Waals surface area contributed by atoms with E-state index in [1.807, 2.05) is 0 Å². The highest BCUT2D eigenvalue weighted by Crippen LogP contribution is 2.44. The number of carbonyl (C=O) groups excluding carboxylic acids is 3. The summed E-state index contributed by atoms with van der Waals surface area (Å²) in [5.74, 6) is -3.07. The van der Waals surface area contributed by atoms with Crippen LogP contribution in [0.5, 0.6) is 0 Å². The van der Waals surface area contributed by atoms with Gasteiger partial charge in [-0.25, -0.2) is 9.18 Å². The lowest BCUT2D eigenvalue weighted by molar-refractivity contribution is -0.185. The molecule has 1 aliphatic carbocycles. The van der Waals surface area contributed by atoms with Crippen LogP contribution in [0.2, 0.25) is 0 Å². The van der Waals surface area contributed by atoms with Gasteiger partial charge < -0.3 is 24.8 Å². The second-order valence-corrected chi connectivity index (χ2v) is 12.0. The largest absolute Gasteiger partial charge is 0.471 e. The van der Waals surface area contributed by atoms with Crippen molar-refractivity contribution in [3.05, 3.63) is 41.5 Å². The van der Waals surface area contributed by atoms with Crippen LogP contribution in [0.4, 0.5) is 22.4 Å². The van der Waals surface area contributed by atoms with Gasteiger partial charge in [-0.15, -0.1) is 0 Å². The summed E-state index contributed by atoms with van der Waals surface area (Å²) in [7, 11) is 0. The molecule has 0 radical (unpaired) electrons. The number of amides is 3. The molecule has 2 atom stereocenters. The lowest BCUT2D eigenvalue weighted by Crippen LogP contribution is -2.53.